The van der Waals surface area contributed by atoms with Crippen LogP contribution in [-0.4, -0.2) is 15.6 Å². The number of hydrazine groups is 1. The van der Waals surface area contributed by atoms with E-state index in [-0.39, 0.29) is 11.7 Å². The summed E-state index contributed by atoms with van der Waals surface area (Å²) in [5.74, 6) is 4.88. The van der Waals surface area contributed by atoms with Crippen LogP contribution in [0.4, 0.5) is 0 Å². The number of fused-ring (bicyclic) bond motifs is 1. The summed E-state index contributed by atoms with van der Waals surface area (Å²) in [4.78, 5) is 11.4. The molecule has 1 amide bonds. The molecule has 5 nitrogen and oxygen atoms in total. The summed E-state index contributed by atoms with van der Waals surface area (Å²) in [6, 6.07) is 6.60. The minimum atomic E-state index is -0.354. The average molecular weight is 205 g/mol. The lowest BCUT2D eigenvalue weighted by atomic mass is 10.2. The maximum absolute atomic E-state index is 11.4. The summed E-state index contributed by atoms with van der Waals surface area (Å²) < 4.78 is 1.72. The number of phenols is 1. The monoisotopic (exact) mass is 205 g/mol. The summed E-state index contributed by atoms with van der Waals surface area (Å²) in [6.07, 6.45) is 0. The number of aromatic nitrogens is 1. The second kappa shape index (κ2) is 3.29. The molecule has 2 aromatic rings. The number of nitrogens with two attached hydrogens (primary N) is 1. The Morgan fingerprint density at radius 2 is 2.20 bits per heavy atom. The third kappa shape index (κ3) is 1.42. The Balaban J connectivity index is 2.69. The fourth-order valence-electron chi connectivity index (χ4n) is 1.63. The zero-order chi connectivity index (χ0) is 11.0. The van der Waals surface area contributed by atoms with Crippen molar-refractivity contribution in [3.63, 3.8) is 0 Å². The lowest BCUT2D eigenvalue weighted by Crippen LogP contribution is -2.31. The molecule has 0 saturated heterocycles. The van der Waals surface area contributed by atoms with E-state index in [4.69, 9.17) is 5.84 Å². The first-order valence-corrected chi connectivity index (χ1v) is 4.43. The number of nitrogens with one attached hydrogen (secondary N) is 1. The number of aryl methyl sites for hydroxylation is 1. The van der Waals surface area contributed by atoms with Gasteiger partial charge in [-0.2, -0.15) is 0 Å². The number of amides is 1. The molecule has 0 saturated carbocycles. The smallest absolute Gasteiger partial charge is 0.281 e. The molecule has 0 spiro atoms. The van der Waals surface area contributed by atoms with Crippen LogP contribution in [-0.2, 0) is 7.05 Å². The van der Waals surface area contributed by atoms with Crippen molar-refractivity contribution in [2.75, 3.05) is 0 Å². The Morgan fingerprint density at radius 3 is 2.87 bits per heavy atom. The number of nitrogens with zero attached hydrogens (tertiary/aromatic N) is 1. The van der Waals surface area contributed by atoms with Gasteiger partial charge in [0, 0.05) is 18.0 Å². The maximum Gasteiger partial charge on any atom is 0.281 e. The summed E-state index contributed by atoms with van der Waals surface area (Å²) in [5, 5.41) is 10.1. The SMILES string of the molecule is Cn1c(C(=O)NN)cc2cc(O)ccc21. The van der Waals surface area contributed by atoms with Crippen LogP contribution >= 0.6 is 0 Å². The Morgan fingerprint density at radius 1 is 1.47 bits per heavy atom. The predicted octanol–water partition coefficient (Wildman–Crippen LogP) is 0.487. The molecule has 0 radical (unpaired) electrons. The van der Waals surface area contributed by atoms with E-state index in [2.05, 4.69) is 5.43 Å². The van der Waals surface area contributed by atoms with E-state index in [0.29, 0.717) is 5.69 Å². The van der Waals surface area contributed by atoms with Crippen LogP contribution in [0.3, 0.4) is 0 Å². The largest absolute Gasteiger partial charge is 0.508 e. The molecule has 1 aromatic heterocycles. The molecule has 78 valence electrons. The first kappa shape index (κ1) is 9.54. The highest BCUT2D eigenvalue weighted by Crippen LogP contribution is 2.22. The molecule has 0 fully saturated rings. The lowest BCUT2D eigenvalue weighted by Gasteiger charge is -2.01. The number of carbonyl (C=O) groups is 1. The van der Waals surface area contributed by atoms with Crippen LogP contribution in [0.5, 0.6) is 5.75 Å². The van der Waals surface area contributed by atoms with Gasteiger partial charge in [-0.15, -0.1) is 0 Å². The van der Waals surface area contributed by atoms with E-state index in [0.717, 1.165) is 10.9 Å². The average Bonchev–Trinajstić information content (AvgIpc) is 2.54. The zero-order valence-electron chi connectivity index (χ0n) is 8.19. The summed E-state index contributed by atoms with van der Waals surface area (Å²) in [6.45, 7) is 0. The summed E-state index contributed by atoms with van der Waals surface area (Å²) in [7, 11) is 1.77. The highest BCUT2D eigenvalue weighted by Gasteiger charge is 2.11. The van der Waals surface area contributed by atoms with Crippen molar-refractivity contribution in [3.05, 3.63) is 30.0 Å². The van der Waals surface area contributed by atoms with E-state index in [9.17, 15) is 9.90 Å². The van der Waals surface area contributed by atoms with Crippen LogP contribution < -0.4 is 11.3 Å². The number of hydrogen-bond donors (Lipinski definition) is 3. The molecule has 0 unspecified atom stereocenters. The van der Waals surface area contributed by atoms with Gasteiger partial charge >= 0.3 is 0 Å². The summed E-state index contributed by atoms with van der Waals surface area (Å²) >= 11 is 0. The van der Waals surface area contributed by atoms with Gasteiger partial charge in [-0.3, -0.25) is 10.2 Å². The number of rotatable bonds is 1. The molecular formula is C10H11N3O2. The van der Waals surface area contributed by atoms with Gasteiger partial charge in [0.05, 0.1) is 0 Å². The second-order valence-electron chi connectivity index (χ2n) is 3.31. The van der Waals surface area contributed by atoms with Crippen molar-refractivity contribution >= 4 is 16.8 Å². The molecule has 4 N–H and O–H groups in total. The van der Waals surface area contributed by atoms with Crippen LogP contribution in [0.15, 0.2) is 24.3 Å². The highest BCUT2D eigenvalue weighted by molar-refractivity contribution is 5.98. The number of hydrogen-bond acceptors (Lipinski definition) is 3. The van der Waals surface area contributed by atoms with Crippen molar-refractivity contribution in [2.24, 2.45) is 12.9 Å². The quantitative estimate of drug-likeness (QED) is 0.360. The number of phenolic OH excluding ortho intramolecular Hbond substituents is 1. The van der Waals surface area contributed by atoms with E-state index < -0.39 is 0 Å². The number of carbonyl (C=O) groups excluding carboxylic acids is 1. The Labute approximate surface area is 86.1 Å². The minimum absolute atomic E-state index is 0.174. The van der Waals surface area contributed by atoms with Gasteiger partial charge in [0.2, 0.25) is 0 Å². The van der Waals surface area contributed by atoms with Gasteiger partial charge in [0.25, 0.3) is 5.91 Å². The zero-order valence-corrected chi connectivity index (χ0v) is 8.19. The van der Waals surface area contributed by atoms with E-state index in [1.807, 2.05) is 0 Å². The second-order valence-corrected chi connectivity index (χ2v) is 3.31. The predicted molar refractivity (Wildman–Crippen MR) is 56.2 cm³/mol. The minimum Gasteiger partial charge on any atom is -0.508 e. The molecule has 0 bridgehead atoms. The van der Waals surface area contributed by atoms with Gasteiger partial charge in [-0.25, -0.2) is 5.84 Å². The third-order valence-corrected chi connectivity index (χ3v) is 2.39. The third-order valence-electron chi connectivity index (χ3n) is 2.39. The van der Waals surface area contributed by atoms with E-state index in [1.54, 1.807) is 35.9 Å². The standard InChI is InChI=1S/C10H11N3O2/c1-13-8-3-2-7(14)4-6(8)5-9(13)10(15)12-11/h2-5,14H,11H2,1H3,(H,12,15). The lowest BCUT2D eigenvalue weighted by molar-refractivity contribution is 0.0946. The molecule has 0 aliphatic carbocycles. The summed E-state index contributed by atoms with van der Waals surface area (Å²) in [5.41, 5.74) is 3.40. The molecule has 1 aromatic carbocycles. The van der Waals surface area contributed by atoms with Gasteiger partial charge < -0.3 is 9.67 Å². The van der Waals surface area contributed by atoms with Crippen molar-refractivity contribution in [1.82, 2.24) is 9.99 Å². The number of benzene rings is 1. The molecule has 0 aliphatic rings. The maximum atomic E-state index is 11.4. The molecular weight excluding hydrogens is 194 g/mol. The van der Waals surface area contributed by atoms with E-state index >= 15 is 0 Å². The number of aromatic hydroxyl groups is 1. The molecule has 2 rings (SSSR count). The Bertz CT molecular complexity index is 531. The van der Waals surface area contributed by atoms with Crippen molar-refractivity contribution in [1.29, 1.82) is 0 Å². The van der Waals surface area contributed by atoms with Crippen LogP contribution in [0.1, 0.15) is 10.5 Å². The van der Waals surface area contributed by atoms with Crippen molar-refractivity contribution in [3.8, 4) is 5.75 Å². The molecule has 5 heteroatoms. The Kier molecular flexibility index (Phi) is 2.09. The molecule has 15 heavy (non-hydrogen) atoms. The van der Waals surface area contributed by atoms with Gasteiger partial charge in [0.1, 0.15) is 11.4 Å². The van der Waals surface area contributed by atoms with Gasteiger partial charge in [-0.05, 0) is 24.3 Å². The first-order chi connectivity index (χ1) is 7.13. The van der Waals surface area contributed by atoms with Crippen LogP contribution in [0, 0.1) is 0 Å². The van der Waals surface area contributed by atoms with Gasteiger partial charge in [-0.1, -0.05) is 0 Å². The normalized spacial score (nSPS) is 10.5. The van der Waals surface area contributed by atoms with Crippen molar-refractivity contribution in [2.45, 2.75) is 0 Å². The Hall–Kier alpha value is -2.01. The number of nitrogen functional groups attached to an aromatic ring is 1. The fourth-order valence-corrected chi connectivity index (χ4v) is 1.63. The fraction of sp³-hybridized carbons (Fsp3) is 0.100. The molecule has 1 heterocycles. The van der Waals surface area contributed by atoms with Gasteiger partial charge in [0.15, 0.2) is 0 Å². The molecule has 0 aliphatic heterocycles. The van der Waals surface area contributed by atoms with Crippen LogP contribution in [0.25, 0.3) is 10.9 Å². The first-order valence-electron chi connectivity index (χ1n) is 4.43. The van der Waals surface area contributed by atoms with E-state index in [1.165, 1.54) is 0 Å². The highest BCUT2D eigenvalue weighted by atomic mass is 16.3. The molecule has 0 atom stereocenters. The topological polar surface area (TPSA) is 80.3 Å². The van der Waals surface area contributed by atoms with Crippen LogP contribution in [0.2, 0.25) is 0 Å². The van der Waals surface area contributed by atoms with Crippen molar-refractivity contribution < 1.29 is 9.90 Å².